The lowest BCUT2D eigenvalue weighted by atomic mass is 9.82. The van der Waals surface area contributed by atoms with Crippen molar-refractivity contribution in [2.45, 2.75) is 13.8 Å². The summed E-state index contributed by atoms with van der Waals surface area (Å²) in [5.41, 5.74) is 1.17. The van der Waals surface area contributed by atoms with Crippen LogP contribution in [-0.2, 0) is 0 Å². The molecule has 1 heterocycles. The maximum absolute atomic E-state index is 4.05. The summed E-state index contributed by atoms with van der Waals surface area (Å²) < 4.78 is 0. The summed E-state index contributed by atoms with van der Waals surface area (Å²) in [6.07, 6.45) is 3.66. The van der Waals surface area contributed by atoms with Gasteiger partial charge in [-0.15, -0.1) is 0 Å². The lowest BCUT2D eigenvalue weighted by Crippen LogP contribution is -2.35. The first kappa shape index (κ1) is 9.26. The summed E-state index contributed by atoms with van der Waals surface area (Å²) in [6.45, 7) is 6.39. The van der Waals surface area contributed by atoms with E-state index in [1.165, 1.54) is 5.46 Å². The van der Waals surface area contributed by atoms with Gasteiger partial charge in [0.2, 0.25) is 7.41 Å². The van der Waals surface area contributed by atoms with Crippen LogP contribution in [0.5, 0.6) is 0 Å². The quantitative estimate of drug-likeness (QED) is 0.603. The largest absolute Gasteiger partial charge is 0.343 e. The van der Waals surface area contributed by atoms with Crippen molar-refractivity contribution in [2.24, 2.45) is 0 Å². The third-order valence-electron chi connectivity index (χ3n) is 1.83. The third-order valence-corrected chi connectivity index (χ3v) is 1.83. The Bertz CT molecular complexity index is 209. The fourth-order valence-corrected chi connectivity index (χ4v) is 1.07. The van der Waals surface area contributed by atoms with E-state index < -0.39 is 0 Å². The zero-order valence-electron chi connectivity index (χ0n) is 7.70. The normalized spacial score (nSPS) is 10.2. The van der Waals surface area contributed by atoms with E-state index in [9.17, 15) is 0 Å². The Hall–Kier alpha value is -0.825. The summed E-state index contributed by atoms with van der Waals surface area (Å²) in [5, 5.41) is 0. The average Bonchev–Trinajstić information content (AvgIpc) is 2.16. The molecule has 0 aliphatic heterocycles. The highest BCUT2D eigenvalue weighted by molar-refractivity contribution is 6.50. The molecule has 1 aromatic rings. The molecular weight excluding hydrogens is 147 g/mol. The van der Waals surface area contributed by atoms with Crippen molar-refractivity contribution in [3.63, 3.8) is 0 Å². The molecule has 1 rings (SSSR count). The van der Waals surface area contributed by atoms with E-state index in [-0.39, 0.29) is 0 Å². The van der Waals surface area contributed by atoms with Gasteiger partial charge in [-0.1, -0.05) is 19.9 Å². The Morgan fingerprint density at radius 3 is 2.67 bits per heavy atom. The number of aromatic nitrogens is 1. The molecular formula is C9H14BN2. The molecule has 2 nitrogen and oxygen atoms in total. The van der Waals surface area contributed by atoms with Crippen LogP contribution in [0.4, 0.5) is 0 Å². The molecule has 1 radical (unpaired) electrons. The van der Waals surface area contributed by atoms with E-state index in [1.807, 2.05) is 12.3 Å². The summed E-state index contributed by atoms with van der Waals surface area (Å²) in [7, 11) is 2.13. The number of hydrogen-bond donors (Lipinski definition) is 0. The van der Waals surface area contributed by atoms with E-state index in [4.69, 9.17) is 0 Å². The molecule has 0 aliphatic rings. The number of pyridine rings is 1. The predicted molar refractivity (Wildman–Crippen MR) is 52.5 cm³/mol. The van der Waals surface area contributed by atoms with Crippen molar-refractivity contribution in [2.75, 3.05) is 13.1 Å². The number of rotatable bonds is 4. The minimum Gasteiger partial charge on any atom is -0.343 e. The van der Waals surface area contributed by atoms with Crippen LogP contribution >= 0.6 is 0 Å². The van der Waals surface area contributed by atoms with Gasteiger partial charge in [0.25, 0.3) is 0 Å². The molecule has 63 valence electrons. The molecule has 0 N–H and O–H groups in total. The Morgan fingerprint density at radius 1 is 1.42 bits per heavy atom. The second-order valence-electron chi connectivity index (χ2n) is 2.64. The molecule has 3 heteroatoms. The SMILES string of the molecule is CCN([B]c1cccnc1)CC. The molecule has 0 atom stereocenters. The molecule has 12 heavy (non-hydrogen) atoms. The summed E-state index contributed by atoms with van der Waals surface area (Å²) in [4.78, 5) is 6.30. The second-order valence-corrected chi connectivity index (χ2v) is 2.64. The lowest BCUT2D eigenvalue weighted by Gasteiger charge is -2.15. The Labute approximate surface area is 74.9 Å². The first-order valence-electron chi connectivity index (χ1n) is 4.35. The summed E-state index contributed by atoms with van der Waals surface area (Å²) in [6, 6.07) is 4.01. The van der Waals surface area contributed by atoms with Crippen molar-refractivity contribution in [3.05, 3.63) is 24.5 Å². The minimum absolute atomic E-state index is 1.05. The van der Waals surface area contributed by atoms with Crippen molar-refractivity contribution in [1.82, 2.24) is 9.79 Å². The monoisotopic (exact) mass is 161 g/mol. The maximum Gasteiger partial charge on any atom is 0.249 e. The number of hydrogen-bond acceptors (Lipinski definition) is 2. The smallest absolute Gasteiger partial charge is 0.249 e. The van der Waals surface area contributed by atoms with Crippen LogP contribution in [0.1, 0.15) is 13.8 Å². The van der Waals surface area contributed by atoms with Gasteiger partial charge in [0.1, 0.15) is 0 Å². The fraction of sp³-hybridized carbons (Fsp3) is 0.444. The summed E-state index contributed by atoms with van der Waals surface area (Å²) >= 11 is 0. The van der Waals surface area contributed by atoms with Crippen molar-refractivity contribution in [3.8, 4) is 0 Å². The van der Waals surface area contributed by atoms with E-state index in [1.54, 1.807) is 6.20 Å². The van der Waals surface area contributed by atoms with Gasteiger partial charge in [-0.25, -0.2) is 0 Å². The second kappa shape index (κ2) is 4.93. The van der Waals surface area contributed by atoms with Crippen LogP contribution in [0, 0.1) is 0 Å². The van der Waals surface area contributed by atoms with Gasteiger partial charge in [0.15, 0.2) is 0 Å². The number of nitrogens with zero attached hydrogens (tertiary/aromatic N) is 2. The van der Waals surface area contributed by atoms with Crippen LogP contribution in [0.3, 0.4) is 0 Å². The van der Waals surface area contributed by atoms with Crippen LogP contribution in [0.15, 0.2) is 24.5 Å². The zero-order valence-corrected chi connectivity index (χ0v) is 7.70. The topological polar surface area (TPSA) is 16.1 Å². The molecule has 0 unspecified atom stereocenters. The Kier molecular flexibility index (Phi) is 3.81. The zero-order chi connectivity index (χ0) is 8.81. The molecule has 0 bridgehead atoms. The van der Waals surface area contributed by atoms with Gasteiger partial charge < -0.3 is 4.81 Å². The predicted octanol–water partition coefficient (Wildman–Crippen LogP) is 0.668. The van der Waals surface area contributed by atoms with Crippen LogP contribution in [-0.4, -0.2) is 30.3 Å². The minimum atomic E-state index is 1.05. The van der Waals surface area contributed by atoms with Gasteiger partial charge >= 0.3 is 0 Å². The molecule has 0 saturated heterocycles. The van der Waals surface area contributed by atoms with Gasteiger partial charge in [-0.3, -0.25) is 4.98 Å². The molecule has 0 saturated carbocycles. The highest BCUT2D eigenvalue weighted by atomic mass is 15.0. The maximum atomic E-state index is 4.05. The molecule has 0 spiro atoms. The van der Waals surface area contributed by atoms with Crippen LogP contribution in [0.2, 0.25) is 0 Å². The highest BCUT2D eigenvalue weighted by Crippen LogP contribution is 1.84. The molecule has 0 amide bonds. The fourth-order valence-electron chi connectivity index (χ4n) is 1.07. The van der Waals surface area contributed by atoms with Gasteiger partial charge in [0, 0.05) is 12.4 Å². The standard InChI is InChI=1S/C9H14BN2/c1-3-12(4-2)10-9-6-5-7-11-8-9/h5-8H,3-4H2,1-2H3. The highest BCUT2D eigenvalue weighted by Gasteiger charge is 2.02. The molecule has 1 aromatic heterocycles. The van der Waals surface area contributed by atoms with E-state index in [0.717, 1.165) is 13.1 Å². The Balaban J connectivity index is 2.51. The average molecular weight is 161 g/mol. The van der Waals surface area contributed by atoms with Gasteiger partial charge in [0.05, 0.1) is 0 Å². The van der Waals surface area contributed by atoms with E-state index in [0.29, 0.717) is 0 Å². The van der Waals surface area contributed by atoms with Crippen LogP contribution < -0.4 is 5.46 Å². The molecule has 0 aromatic carbocycles. The van der Waals surface area contributed by atoms with Crippen LogP contribution in [0.25, 0.3) is 0 Å². The molecule has 0 fully saturated rings. The Morgan fingerprint density at radius 2 is 2.17 bits per heavy atom. The van der Waals surface area contributed by atoms with Crippen molar-refractivity contribution >= 4 is 12.9 Å². The first-order valence-corrected chi connectivity index (χ1v) is 4.35. The van der Waals surface area contributed by atoms with Gasteiger partial charge in [-0.2, -0.15) is 0 Å². The van der Waals surface area contributed by atoms with E-state index in [2.05, 4.69) is 37.1 Å². The first-order chi connectivity index (χ1) is 5.86. The van der Waals surface area contributed by atoms with Crippen molar-refractivity contribution in [1.29, 1.82) is 0 Å². The molecule has 0 aliphatic carbocycles. The van der Waals surface area contributed by atoms with E-state index >= 15 is 0 Å². The van der Waals surface area contributed by atoms with Crippen molar-refractivity contribution < 1.29 is 0 Å². The third kappa shape index (κ3) is 2.66. The van der Waals surface area contributed by atoms with Gasteiger partial charge in [-0.05, 0) is 24.6 Å². The summed E-state index contributed by atoms with van der Waals surface area (Å²) in [5.74, 6) is 0. The lowest BCUT2D eigenvalue weighted by molar-refractivity contribution is 0.498.